The second-order valence-corrected chi connectivity index (χ2v) is 5.04. The summed E-state index contributed by atoms with van der Waals surface area (Å²) in [5.41, 5.74) is 6.38. The van der Waals surface area contributed by atoms with Crippen molar-refractivity contribution in [2.75, 3.05) is 5.73 Å². The lowest BCUT2D eigenvalue weighted by atomic mass is 10.4. The number of anilines is 1. The summed E-state index contributed by atoms with van der Waals surface area (Å²) in [5, 5.41) is 1.99. The maximum atomic E-state index is 5.81. The molecule has 1 heterocycles. The molecule has 0 saturated carbocycles. The van der Waals surface area contributed by atoms with E-state index in [2.05, 4.69) is 4.98 Å². The number of pyridine rings is 1. The fraction of sp³-hybridized carbons (Fsp3) is 0. The lowest BCUT2D eigenvalue weighted by molar-refractivity contribution is 1.14. The van der Waals surface area contributed by atoms with Crippen LogP contribution in [-0.2, 0) is 0 Å². The first kappa shape index (κ1) is 11.6. The lowest BCUT2D eigenvalue weighted by Crippen LogP contribution is -1.91. The second kappa shape index (κ2) is 4.95. The molecule has 2 rings (SSSR count). The van der Waals surface area contributed by atoms with Gasteiger partial charge in [0.05, 0.1) is 10.7 Å². The van der Waals surface area contributed by atoms with Gasteiger partial charge in [-0.2, -0.15) is 0 Å². The Hall–Kier alpha value is -0.900. The number of halogens is 2. The number of hydrogen-bond acceptors (Lipinski definition) is 3. The fourth-order valence-corrected chi connectivity index (χ4v) is 2.21. The number of nitrogens with two attached hydrogens (primary N) is 1. The Morgan fingerprint density at radius 2 is 1.75 bits per heavy atom. The summed E-state index contributed by atoms with van der Waals surface area (Å²) in [4.78, 5) is 5.20. The maximum Gasteiger partial charge on any atom is 0.124 e. The van der Waals surface area contributed by atoms with Gasteiger partial charge >= 0.3 is 0 Å². The van der Waals surface area contributed by atoms with Gasteiger partial charge in [-0.3, -0.25) is 0 Å². The van der Waals surface area contributed by atoms with Crippen LogP contribution in [-0.4, -0.2) is 4.98 Å². The molecule has 0 unspecified atom stereocenters. The molecule has 0 bridgehead atoms. The maximum absolute atomic E-state index is 5.81. The molecule has 0 aliphatic carbocycles. The summed E-state index contributed by atoms with van der Waals surface area (Å²) in [6.45, 7) is 0. The van der Waals surface area contributed by atoms with Gasteiger partial charge in [-0.25, -0.2) is 4.98 Å². The van der Waals surface area contributed by atoms with E-state index in [0.29, 0.717) is 15.7 Å². The van der Waals surface area contributed by atoms with Crippen molar-refractivity contribution in [2.24, 2.45) is 0 Å². The normalized spacial score (nSPS) is 10.4. The molecule has 1 aromatic carbocycles. The average molecular weight is 271 g/mol. The zero-order valence-electron chi connectivity index (χ0n) is 8.15. The van der Waals surface area contributed by atoms with Crippen LogP contribution < -0.4 is 5.73 Å². The first-order valence-corrected chi connectivity index (χ1v) is 6.07. The molecule has 5 heteroatoms. The van der Waals surface area contributed by atoms with Gasteiger partial charge in [0.25, 0.3) is 0 Å². The third-order valence-corrected chi connectivity index (χ3v) is 3.37. The van der Waals surface area contributed by atoms with E-state index >= 15 is 0 Å². The van der Waals surface area contributed by atoms with Crippen LogP contribution in [0.4, 0.5) is 5.69 Å². The number of aromatic nitrogens is 1. The van der Waals surface area contributed by atoms with Crippen LogP contribution >= 0.6 is 35.0 Å². The molecule has 0 radical (unpaired) electrons. The number of rotatable bonds is 2. The van der Waals surface area contributed by atoms with Gasteiger partial charge in [0.2, 0.25) is 0 Å². The number of nitrogens with zero attached hydrogens (tertiary/aromatic N) is 1. The third-order valence-electron chi connectivity index (χ3n) is 1.87. The first-order valence-electron chi connectivity index (χ1n) is 4.49. The zero-order chi connectivity index (χ0) is 11.5. The quantitative estimate of drug-likeness (QED) is 0.892. The number of hydrogen-bond donors (Lipinski definition) is 1. The van der Waals surface area contributed by atoms with E-state index in [0.717, 1.165) is 9.92 Å². The van der Waals surface area contributed by atoms with E-state index in [-0.39, 0.29) is 0 Å². The third kappa shape index (κ3) is 2.82. The van der Waals surface area contributed by atoms with E-state index in [1.54, 1.807) is 12.3 Å². The topological polar surface area (TPSA) is 38.9 Å². The molecule has 1 aromatic heterocycles. The average Bonchev–Trinajstić information content (AvgIpc) is 2.25. The molecular formula is C11H8Cl2N2S. The van der Waals surface area contributed by atoms with Gasteiger partial charge in [-0.05, 0) is 30.3 Å². The molecular weight excluding hydrogens is 263 g/mol. The minimum Gasteiger partial charge on any atom is -0.396 e. The van der Waals surface area contributed by atoms with Crippen molar-refractivity contribution in [3.05, 3.63) is 46.6 Å². The molecule has 0 aliphatic rings. The minimum atomic E-state index is 0.540. The van der Waals surface area contributed by atoms with Gasteiger partial charge in [-0.15, -0.1) is 0 Å². The van der Waals surface area contributed by atoms with E-state index in [9.17, 15) is 0 Å². The highest BCUT2D eigenvalue weighted by molar-refractivity contribution is 7.99. The van der Waals surface area contributed by atoms with Crippen molar-refractivity contribution in [1.29, 1.82) is 0 Å². The summed E-state index contributed by atoms with van der Waals surface area (Å²) in [5.74, 6) is 0. The largest absolute Gasteiger partial charge is 0.396 e. The van der Waals surface area contributed by atoms with Gasteiger partial charge < -0.3 is 5.73 Å². The molecule has 0 spiro atoms. The van der Waals surface area contributed by atoms with Crippen LogP contribution in [0.25, 0.3) is 0 Å². The Bertz CT molecular complexity index is 500. The Morgan fingerprint density at radius 3 is 2.38 bits per heavy atom. The van der Waals surface area contributed by atoms with Crippen LogP contribution in [0, 0.1) is 0 Å². The Balaban J connectivity index is 2.23. The van der Waals surface area contributed by atoms with E-state index in [1.165, 1.54) is 11.8 Å². The van der Waals surface area contributed by atoms with Crippen LogP contribution in [0.2, 0.25) is 10.0 Å². The number of benzene rings is 1. The zero-order valence-corrected chi connectivity index (χ0v) is 10.5. The second-order valence-electron chi connectivity index (χ2n) is 3.10. The lowest BCUT2D eigenvalue weighted by Gasteiger charge is -2.04. The van der Waals surface area contributed by atoms with E-state index in [4.69, 9.17) is 28.9 Å². The molecule has 0 saturated heterocycles. The van der Waals surface area contributed by atoms with Gasteiger partial charge in [-0.1, -0.05) is 35.0 Å². The van der Waals surface area contributed by atoms with Crippen LogP contribution in [0.1, 0.15) is 0 Å². The molecule has 82 valence electrons. The Morgan fingerprint density at radius 1 is 1.06 bits per heavy atom. The molecule has 2 nitrogen and oxygen atoms in total. The standard InChI is InChI=1S/C11H8Cl2N2S/c12-7-1-3-9(4-2-7)16-11-10(14)5-8(13)6-15-11/h1-6H,14H2. The molecule has 2 aromatic rings. The number of nitrogen functional groups attached to an aromatic ring is 1. The van der Waals surface area contributed by atoms with Crippen LogP contribution in [0.3, 0.4) is 0 Å². The smallest absolute Gasteiger partial charge is 0.124 e. The van der Waals surface area contributed by atoms with Crippen molar-refractivity contribution in [3.63, 3.8) is 0 Å². The van der Waals surface area contributed by atoms with Crippen molar-refractivity contribution in [1.82, 2.24) is 4.98 Å². The highest BCUT2D eigenvalue weighted by atomic mass is 35.5. The van der Waals surface area contributed by atoms with E-state index < -0.39 is 0 Å². The summed E-state index contributed by atoms with van der Waals surface area (Å²) in [7, 11) is 0. The molecule has 2 N–H and O–H groups in total. The van der Waals surface area contributed by atoms with Crippen molar-refractivity contribution in [3.8, 4) is 0 Å². The van der Waals surface area contributed by atoms with Gasteiger partial charge in [0, 0.05) is 16.1 Å². The van der Waals surface area contributed by atoms with E-state index in [1.807, 2.05) is 24.3 Å². The molecule has 0 atom stereocenters. The molecule has 0 aliphatic heterocycles. The summed E-state index contributed by atoms with van der Waals surface area (Å²) in [6.07, 6.45) is 1.58. The molecule has 16 heavy (non-hydrogen) atoms. The minimum absolute atomic E-state index is 0.540. The van der Waals surface area contributed by atoms with Gasteiger partial charge in [0.15, 0.2) is 0 Å². The van der Waals surface area contributed by atoms with Crippen molar-refractivity contribution >= 4 is 40.7 Å². The molecule has 0 fully saturated rings. The predicted molar refractivity (Wildman–Crippen MR) is 69.2 cm³/mol. The molecule has 0 amide bonds. The van der Waals surface area contributed by atoms with Crippen molar-refractivity contribution in [2.45, 2.75) is 9.92 Å². The van der Waals surface area contributed by atoms with Gasteiger partial charge in [0.1, 0.15) is 5.03 Å². The fourth-order valence-electron chi connectivity index (χ4n) is 1.14. The highest BCUT2D eigenvalue weighted by Crippen LogP contribution is 2.31. The van der Waals surface area contributed by atoms with Crippen LogP contribution in [0.5, 0.6) is 0 Å². The first-order chi connectivity index (χ1) is 7.65. The summed E-state index contributed by atoms with van der Waals surface area (Å²) >= 11 is 13.0. The summed E-state index contributed by atoms with van der Waals surface area (Å²) < 4.78 is 0. The monoisotopic (exact) mass is 270 g/mol. The summed E-state index contributed by atoms with van der Waals surface area (Å²) in [6, 6.07) is 9.18. The Kier molecular flexibility index (Phi) is 3.59. The van der Waals surface area contributed by atoms with Crippen LogP contribution in [0.15, 0.2) is 46.5 Å². The Labute approximate surface area is 108 Å². The highest BCUT2D eigenvalue weighted by Gasteiger charge is 2.04. The predicted octanol–water partition coefficient (Wildman–Crippen LogP) is 4.12. The van der Waals surface area contributed by atoms with Crippen molar-refractivity contribution < 1.29 is 0 Å². The SMILES string of the molecule is Nc1cc(Cl)cnc1Sc1ccc(Cl)cc1.